The maximum Gasteiger partial charge on any atom is 0.139 e. The molecule has 0 heterocycles. The molecule has 0 spiro atoms. The highest BCUT2D eigenvalue weighted by Gasteiger charge is 2.53. The molecule has 2 saturated carbocycles. The lowest BCUT2D eigenvalue weighted by molar-refractivity contribution is -0.298. The molecule has 0 radical (unpaired) electrons. The quantitative estimate of drug-likeness (QED) is 0.561. The van der Waals surface area contributed by atoms with E-state index in [-0.39, 0.29) is 10.8 Å². The first-order valence-corrected chi connectivity index (χ1v) is 6.72. The van der Waals surface area contributed by atoms with E-state index in [1.165, 1.54) is 0 Å². The number of carbonyl (C=O) groups excluding carboxylic acids is 1. The molecule has 3 unspecified atom stereocenters. The predicted octanol–water partition coefficient (Wildman–Crippen LogP) is 3.13. The molecule has 0 saturated heterocycles. The highest BCUT2D eigenvalue weighted by atomic mass is 17.2. The zero-order valence-electron chi connectivity index (χ0n) is 11.3. The smallest absolute Gasteiger partial charge is 0.139 e. The Morgan fingerprint density at radius 1 is 1.29 bits per heavy atom. The van der Waals surface area contributed by atoms with Crippen molar-refractivity contribution < 1.29 is 14.6 Å². The summed E-state index contributed by atoms with van der Waals surface area (Å²) in [6.07, 6.45) is 6.30. The van der Waals surface area contributed by atoms with Crippen LogP contribution in [0.5, 0.6) is 0 Å². The van der Waals surface area contributed by atoms with E-state index >= 15 is 0 Å². The van der Waals surface area contributed by atoms with Gasteiger partial charge in [-0.15, -0.1) is 0 Å². The molecule has 2 aliphatic carbocycles. The zero-order valence-corrected chi connectivity index (χ0v) is 11.3. The molecule has 2 aliphatic rings. The number of Topliss-reactive ketones (excluding diaryl/α,β-unsaturated/α-hetero) is 1. The van der Waals surface area contributed by atoms with Crippen LogP contribution in [0.3, 0.4) is 0 Å². The van der Waals surface area contributed by atoms with Crippen molar-refractivity contribution in [3.63, 3.8) is 0 Å². The minimum atomic E-state index is -0.109. The summed E-state index contributed by atoms with van der Waals surface area (Å²) in [6, 6.07) is 0. The molecule has 0 aliphatic heterocycles. The molecule has 17 heavy (non-hydrogen) atoms. The number of fused-ring (bicyclic) bond motifs is 1. The summed E-state index contributed by atoms with van der Waals surface area (Å²) in [6.45, 7) is 5.03. The summed E-state index contributed by atoms with van der Waals surface area (Å²) < 4.78 is 0. The van der Waals surface area contributed by atoms with Crippen LogP contribution in [0.4, 0.5) is 0 Å². The molecular weight excluding hydrogens is 216 g/mol. The molecule has 0 aromatic heterocycles. The Labute approximate surface area is 104 Å². The van der Waals surface area contributed by atoms with E-state index in [9.17, 15) is 4.79 Å². The average Bonchev–Trinajstić information content (AvgIpc) is 2.29. The van der Waals surface area contributed by atoms with E-state index in [4.69, 9.17) is 9.78 Å². The van der Waals surface area contributed by atoms with Crippen LogP contribution in [0.15, 0.2) is 0 Å². The molecule has 0 bridgehead atoms. The molecule has 2 fully saturated rings. The fourth-order valence-electron chi connectivity index (χ4n) is 4.10. The molecule has 3 heteroatoms. The first-order valence-electron chi connectivity index (χ1n) is 6.72. The molecule has 2 rings (SSSR count). The SMILES string of the molecule is COOCC1(C)CCCC2(C)C(=O)CCCC12. The van der Waals surface area contributed by atoms with Crippen molar-refractivity contribution in [2.45, 2.75) is 52.4 Å². The van der Waals surface area contributed by atoms with E-state index in [1.807, 2.05) is 0 Å². The van der Waals surface area contributed by atoms with Gasteiger partial charge in [0.25, 0.3) is 0 Å². The molecule has 0 amide bonds. The number of carbonyl (C=O) groups is 1. The predicted molar refractivity (Wildman–Crippen MR) is 65.4 cm³/mol. The Morgan fingerprint density at radius 2 is 2.06 bits per heavy atom. The summed E-state index contributed by atoms with van der Waals surface area (Å²) in [5.41, 5.74) is -0.0125. The summed E-state index contributed by atoms with van der Waals surface area (Å²) in [5.74, 6) is 0.928. The van der Waals surface area contributed by atoms with Crippen LogP contribution >= 0.6 is 0 Å². The molecule has 0 aromatic rings. The van der Waals surface area contributed by atoms with E-state index in [0.717, 1.165) is 38.5 Å². The van der Waals surface area contributed by atoms with Crippen molar-refractivity contribution >= 4 is 5.78 Å². The van der Waals surface area contributed by atoms with Gasteiger partial charge in [0.05, 0.1) is 13.7 Å². The third-order valence-electron chi connectivity index (χ3n) is 5.09. The van der Waals surface area contributed by atoms with Gasteiger partial charge in [-0.05, 0) is 37.0 Å². The number of hydrogen-bond acceptors (Lipinski definition) is 3. The molecule has 0 aromatic carbocycles. The summed E-state index contributed by atoms with van der Waals surface area (Å²) in [5, 5.41) is 0. The van der Waals surface area contributed by atoms with Crippen molar-refractivity contribution in [3.05, 3.63) is 0 Å². The van der Waals surface area contributed by atoms with Crippen LogP contribution in [-0.4, -0.2) is 19.5 Å². The van der Waals surface area contributed by atoms with E-state index in [2.05, 4.69) is 13.8 Å². The first kappa shape index (κ1) is 13.0. The van der Waals surface area contributed by atoms with Gasteiger partial charge >= 0.3 is 0 Å². The highest BCUT2D eigenvalue weighted by molar-refractivity contribution is 5.85. The highest BCUT2D eigenvalue weighted by Crippen LogP contribution is 2.56. The van der Waals surface area contributed by atoms with Crippen LogP contribution in [0.2, 0.25) is 0 Å². The standard InChI is InChI=1S/C14H24O3/c1-13(10-17-16-3)8-5-9-14(2)11(13)6-4-7-12(14)15/h11H,4-10H2,1-3H3. The lowest BCUT2D eigenvalue weighted by Gasteiger charge is -2.53. The van der Waals surface area contributed by atoms with Gasteiger partial charge in [0.2, 0.25) is 0 Å². The second kappa shape index (κ2) is 4.69. The Morgan fingerprint density at radius 3 is 2.76 bits per heavy atom. The minimum Gasteiger partial charge on any atom is -0.299 e. The Hall–Kier alpha value is -0.410. The monoisotopic (exact) mass is 240 g/mol. The summed E-state index contributed by atoms with van der Waals surface area (Å²) in [7, 11) is 1.55. The van der Waals surface area contributed by atoms with Gasteiger partial charge in [0, 0.05) is 11.8 Å². The lowest BCUT2D eigenvalue weighted by Crippen LogP contribution is -2.51. The van der Waals surface area contributed by atoms with E-state index in [0.29, 0.717) is 18.3 Å². The second-order valence-electron chi connectivity index (χ2n) is 6.22. The van der Waals surface area contributed by atoms with Crippen molar-refractivity contribution in [1.82, 2.24) is 0 Å². The van der Waals surface area contributed by atoms with Gasteiger partial charge in [-0.2, -0.15) is 0 Å². The van der Waals surface area contributed by atoms with Crippen LogP contribution in [0.25, 0.3) is 0 Å². The van der Waals surface area contributed by atoms with Crippen LogP contribution in [0, 0.1) is 16.7 Å². The fourth-order valence-corrected chi connectivity index (χ4v) is 4.10. The third kappa shape index (κ3) is 2.15. The van der Waals surface area contributed by atoms with Crippen molar-refractivity contribution in [1.29, 1.82) is 0 Å². The number of hydrogen-bond donors (Lipinski definition) is 0. The molecule has 3 atom stereocenters. The van der Waals surface area contributed by atoms with Crippen LogP contribution in [0.1, 0.15) is 52.4 Å². The fraction of sp³-hybridized carbons (Fsp3) is 0.929. The molecule has 98 valence electrons. The maximum atomic E-state index is 12.2. The van der Waals surface area contributed by atoms with Crippen molar-refractivity contribution in [3.8, 4) is 0 Å². The maximum absolute atomic E-state index is 12.2. The van der Waals surface area contributed by atoms with E-state index in [1.54, 1.807) is 7.11 Å². The van der Waals surface area contributed by atoms with Gasteiger partial charge < -0.3 is 0 Å². The van der Waals surface area contributed by atoms with Gasteiger partial charge in [0.15, 0.2) is 0 Å². The Kier molecular flexibility index (Phi) is 3.60. The third-order valence-corrected chi connectivity index (χ3v) is 5.09. The lowest BCUT2D eigenvalue weighted by atomic mass is 9.51. The second-order valence-corrected chi connectivity index (χ2v) is 6.22. The summed E-state index contributed by atoms with van der Waals surface area (Å²) >= 11 is 0. The topological polar surface area (TPSA) is 35.5 Å². The normalized spacial score (nSPS) is 42.3. The largest absolute Gasteiger partial charge is 0.299 e. The van der Waals surface area contributed by atoms with Gasteiger partial charge in [-0.25, -0.2) is 9.78 Å². The number of rotatable bonds is 3. The molecular formula is C14H24O3. The Bertz CT molecular complexity index is 302. The van der Waals surface area contributed by atoms with Crippen LogP contribution < -0.4 is 0 Å². The minimum absolute atomic E-state index is 0.0963. The number of ketones is 1. The summed E-state index contributed by atoms with van der Waals surface area (Å²) in [4.78, 5) is 22.2. The van der Waals surface area contributed by atoms with Crippen molar-refractivity contribution in [2.24, 2.45) is 16.7 Å². The van der Waals surface area contributed by atoms with Gasteiger partial charge in [-0.3, -0.25) is 4.79 Å². The van der Waals surface area contributed by atoms with Gasteiger partial charge in [-0.1, -0.05) is 20.3 Å². The van der Waals surface area contributed by atoms with E-state index < -0.39 is 0 Å². The van der Waals surface area contributed by atoms with Crippen LogP contribution in [-0.2, 0) is 14.6 Å². The Balaban J connectivity index is 2.21. The average molecular weight is 240 g/mol. The first-order chi connectivity index (χ1) is 8.03. The molecule has 3 nitrogen and oxygen atoms in total. The molecule has 0 N–H and O–H groups in total. The zero-order chi connectivity index (χ0) is 12.5. The van der Waals surface area contributed by atoms with Crippen molar-refractivity contribution in [2.75, 3.05) is 13.7 Å². The van der Waals surface area contributed by atoms with Gasteiger partial charge in [0.1, 0.15) is 5.78 Å².